The molecule has 2 aliphatic rings. The lowest BCUT2D eigenvalue weighted by molar-refractivity contribution is 0.212. The van der Waals surface area contributed by atoms with E-state index in [1.807, 2.05) is 0 Å². The molecule has 0 aromatic heterocycles. The van der Waals surface area contributed by atoms with E-state index in [-0.39, 0.29) is 0 Å². The molecule has 2 N–H and O–H groups in total. The first-order chi connectivity index (χ1) is 9.78. The van der Waals surface area contributed by atoms with Gasteiger partial charge in [-0.05, 0) is 55.7 Å². The quantitative estimate of drug-likeness (QED) is 0.856. The van der Waals surface area contributed by atoms with Crippen LogP contribution in [0.3, 0.4) is 0 Å². The normalized spacial score (nSPS) is 21.6. The molecule has 1 aromatic rings. The number of benzene rings is 1. The molecular weight excluding hydrogens is 244 g/mol. The number of rotatable bonds is 6. The van der Waals surface area contributed by atoms with E-state index in [1.54, 1.807) is 0 Å². The van der Waals surface area contributed by atoms with Crippen LogP contribution in [0, 0.1) is 5.92 Å². The summed E-state index contributed by atoms with van der Waals surface area (Å²) in [6.07, 6.45) is 8.39. The van der Waals surface area contributed by atoms with Crippen LogP contribution in [0.15, 0.2) is 24.3 Å². The van der Waals surface area contributed by atoms with Crippen LogP contribution in [-0.4, -0.2) is 25.0 Å². The molecule has 2 fully saturated rings. The zero-order valence-corrected chi connectivity index (χ0v) is 12.7. The highest BCUT2D eigenvalue weighted by molar-refractivity contribution is 5.31. The van der Waals surface area contributed by atoms with Crippen molar-refractivity contribution in [2.75, 3.05) is 20.1 Å². The molecule has 2 heteroatoms. The Bertz CT molecular complexity index is 433. The zero-order chi connectivity index (χ0) is 13.9. The predicted octanol–water partition coefficient (Wildman–Crippen LogP) is 3.69. The van der Waals surface area contributed by atoms with E-state index in [9.17, 15) is 0 Å². The molecule has 0 bridgehead atoms. The standard InChI is InChI=1S/C18H28N2/c1-20(13-14-5-2-3-6-14)18(12-19)17-8-4-7-16(11-17)15-9-10-15/h4,7-8,11,14-15,18H,2-3,5-6,9-10,12-13,19H2,1H3. The largest absolute Gasteiger partial charge is 0.329 e. The first-order valence-corrected chi connectivity index (χ1v) is 8.28. The van der Waals surface area contributed by atoms with Crippen LogP contribution in [-0.2, 0) is 0 Å². The number of nitrogens with two attached hydrogens (primary N) is 1. The van der Waals surface area contributed by atoms with Crippen LogP contribution in [0.25, 0.3) is 0 Å². The lowest BCUT2D eigenvalue weighted by Crippen LogP contribution is -2.33. The summed E-state index contributed by atoms with van der Waals surface area (Å²) in [4.78, 5) is 2.49. The fraction of sp³-hybridized carbons (Fsp3) is 0.667. The molecule has 0 radical (unpaired) electrons. The Hall–Kier alpha value is -0.860. The predicted molar refractivity (Wildman–Crippen MR) is 84.8 cm³/mol. The Labute approximate surface area is 123 Å². The highest BCUT2D eigenvalue weighted by atomic mass is 15.1. The summed E-state index contributed by atoms with van der Waals surface area (Å²) >= 11 is 0. The minimum atomic E-state index is 0.384. The lowest BCUT2D eigenvalue weighted by Gasteiger charge is -2.30. The van der Waals surface area contributed by atoms with Gasteiger partial charge in [-0.1, -0.05) is 37.1 Å². The topological polar surface area (TPSA) is 29.3 Å². The number of hydrogen-bond acceptors (Lipinski definition) is 2. The molecule has 0 spiro atoms. The third kappa shape index (κ3) is 3.24. The molecule has 2 nitrogen and oxygen atoms in total. The Balaban J connectivity index is 1.69. The maximum Gasteiger partial charge on any atom is 0.0467 e. The minimum Gasteiger partial charge on any atom is -0.329 e. The van der Waals surface area contributed by atoms with E-state index < -0.39 is 0 Å². The van der Waals surface area contributed by atoms with Crippen LogP contribution < -0.4 is 5.73 Å². The van der Waals surface area contributed by atoms with Gasteiger partial charge in [-0.3, -0.25) is 4.90 Å². The molecule has 0 amide bonds. The second-order valence-corrected chi connectivity index (χ2v) is 6.79. The van der Waals surface area contributed by atoms with E-state index in [4.69, 9.17) is 5.73 Å². The number of nitrogens with zero attached hydrogens (tertiary/aromatic N) is 1. The molecule has 1 unspecified atom stereocenters. The Morgan fingerprint density at radius 3 is 2.60 bits per heavy atom. The van der Waals surface area contributed by atoms with Crippen molar-refractivity contribution in [3.8, 4) is 0 Å². The smallest absolute Gasteiger partial charge is 0.0467 e. The van der Waals surface area contributed by atoms with Crippen LogP contribution in [0.1, 0.15) is 61.6 Å². The third-order valence-corrected chi connectivity index (χ3v) is 5.12. The second kappa shape index (κ2) is 6.28. The second-order valence-electron chi connectivity index (χ2n) is 6.79. The molecule has 1 aromatic carbocycles. The molecule has 2 saturated carbocycles. The average Bonchev–Trinajstić information content (AvgIpc) is 3.19. The van der Waals surface area contributed by atoms with Gasteiger partial charge in [-0.2, -0.15) is 0 Å². The molecule has 0 aliphatic heterocycles. The van der Waals surface area contributed by atoms with E-state index in [2.05, 4.69) is 36.2 Å². The van der Waals surface area contributed by atoms with Crippen molar-refractivity contribution in [3.05, 3.63) is 35.4 Å². The third-order valence-electron chi connectivity index (χ3n) is 5.12. The molecule has 0 saturated heterocycles. The summed E-state index contributed by atoms with van der Waals surface area (Å²) in [6, 6.07) is 9.55. The zero-order valence-electron chi connectivity index (χ0n) is 12.7. The summed E-state index contributed by atoms with van der Waals surface area (Å²) < 4.78 is 0. The first-order valence-electron chi connectivity index (χ1n) is 8.28. The fourth-order valence-corrected chi connectivity index (χ4v) is 3.73. The van der Waals surface area contributed by atoms with Crippen LogP contribution >= 0.6 is 0 Å². The highest BCUT2D eigenvalue weighted by Crippen LogP contribution is 2.40. The Morgan fingerprint density at radius 2 is 1.95 bits per heavy atom. The summed E-state index contributed by atoms with van der Waals surface area (Å²) in [5.74, 6) is 1.72. The molecule has 2 aliphatic carbocycles. The average molecular weight is 272 g/mol. The van der Waals surface area contributed by atoms with Gasteiger partial charge >= 0.3 is 0 Å². The first kappa shape index (κ1) is 14.1. The lowest BCUT2D eigenvalue weighted by atomic mass is 9.99. The van der Waals surface area contributed by atoms with Gasteiger partial charge in [0, 0.05) is 19.1 Å². The minimum absolute atomic E-state index is 0.384. The maximum atomic E-state index is 6.08. The summed E-state index contributed by atoms with van der Waals surface area (Å²) in [5, 5.41) is 0. The van der Waals surface area contributed by atoms with Crippen molar-refractivity contribution in [3.63, 3.8) is 0 Å². The molecule has 110 valence electrons. The number of hydrogen-bond donors (Lipinski definition) is 1. The summed E-state index contributed by atoms with van der Waals surface area (Å²) in [5.41, 5.74) is 9.02. The van der Waals surface area contributed by atoms with Crippen molar-refractivity contribution in [1.82, 2.24) is 4.90 Å². The van der Waals surface area contributed by atoms with Gasteiger partial charge in [0.1, 0.15) is 0 Å². The van der Waals surface area contributed by atoms with Gasteiger partial charge in [-0.15, -0.1) is 0 Å². The van der Waals surface area contributed by atoms with Crippen molar-refractivity contribution < 1.29 is 0 Å². The van der Waals surface area contributed by atoms with Crippen molar-refractivity contribution in [2.45, 2.75) is 50.5 Å². The van der Waals surface area contributed by atoms with E-state index in [0.717, 1.165) is 18.4 Å². The van der Waals surface area contributed by atoms with Crippen molar-refractivity contribution in [1.29, 1.82) is 0 Å². The monoisotopic (exact) mass is 272 g/mol. The molecule has 3 rings (SSSR count). The van der Waals surface area contributed by atoms with Crippen LogP contribution in [0.4, 0.5) is 0 Å². The van der Waals surface area contributed by atoms with E-state index in [1.165, 1.54) is 56.2 Å². The van der Waals surface area contributed by atoms with E-state index in [0.29, 0.717) is 6.04 Å². The van der Waals surface area contributed by atoms with Crippen molar-refractivity contribution >= 4 is 0 Å². The highest BCUT2D eigenvalue weighted by Gasteiger charge is 2.25. The molecular formula is C18H28N2. The molecule has 0 heterocycles. The van der Waals surface area contributed by atoms with E-state index >= 15 is 0 Å². The van der Waals surface area contributed by atoms with Gasteiger partial charge in [0.15, 0.2) is 0 Å². The van der Waals surface area contributed by atoms with Gasteiger partial charge in [0.2, 0.25) is 0 Å². The summed E-state index contributed by atoms with van der Waals surface area (Å²) in [6.45, 7) is 1.92. The van der Waals surface area contributed by atoms with Gasteiger partial charge in [0.25, 0.3) is 0 Å². The molecule has 1 atom stereocenters. The Kier molecular flexibility index (Phi) is 4.42. The maximum absolute atomic E-state index is 6.08. The SMILES string of the molecule is CN(CC1CCCC1)C(CN)c1cccc(C2CC2)c1. The van der Waals surface area contributed by atoms with Crippen LogP contribution in [0.2, 0.25) is 0 Å². The van der Waals surface area contributed by atoms with Gasteiger partial charge < -0.3 is 5.73 Å². The summed E-state index contributed by atoms with van der Waals surface area (Å²) in [7, 11) is 2.25. The number of likely N-dealkylation sites (N-methyl/N-ethyl adjacent to an activating group) is 1. The van der Waals surface area contributed by atoms with Crippen LogP contribution in [0.5, 0.6) is 0 Å². The fourth-order valence-electron chi connectivity index (χ4n) is 3.73. The van der Waals surface area contributed by atoms with Gasteiger partial charge in [0.05, 0.1) is 0 Å². The van der Waals surface area contributed by atoms with Gasteiger partial charge in [-0.25, -0.2) is 0 Å². The van der Waals surface area contributed by atoms with Crippen molar-refractivity contribution in [2.24, 2.45) is 11.7 Å². The Morgan fingerprint density at radius 1 is 1.20 bits per heavy atom. The molecule has 20 heavy (non-hydrogen) atoms.